The molecular weight excluding hydrogens is 206 g/mol. The van der Waals surface area contributed by atoms with Gasteiger partial charge in [0.2, 0.25) is 0 Å². The second-order valence-electron chi connectivity index (χ2n) is 3.98. The first-order chi connectivity index (χ1) is 7.68. The summed E-state index contributed by atoms with van der Waals surface area (Å²) in [5, 5.41) is 8.91. The van der Waals surface area contributed by atoms with Crippen molar-refractivity contribution in [3.05, 3.63) is 29.8 Å². The van der Waals surface area contributed by atoms with E-state index < -0.39 is 5.97 Å². The van der Waals surface area contributed by atoms with Crippen molar-refractivity contribution in [2.75, 3.05) is 25.2 Å². The molecule has 1 aromatic carbocycles. The average molecular weight is 221 g/mol. The molecule has 1 aliphatic heterocycles. The van der Waals surface area contributed by atoms with Crippen molar-refractivity contribution < 1.29 is 14.6 Å². The Balaban J connectivity index is 2.18. The molecule has 1 N–H and O–H groups in total. The van der Waals surface area contributed by atoms with Crippen molar-refractivity contribution in [2.45, 2.75) is 12.5 Å². The van der Waals surface area contributed by atoms with Gasteiger partial charge in [0.25, 0.3) is 0 Å². The number of rotatable bonds is 3. The molecular formula is C12H15NO3. The molecule has 2 rings (SSSR count). The van der Waals surface area contributed by atoms with E-state index in [9.17, 15) is 4.79 Å². The smallest absolute Gasteiger partial charge is 0.335 e. The number of hydrogen-bond acceptors (Lipinski definition) is 3. The Morgan fingerprint density at radius 3 is 3.00 bits per heavy atom. The Kier molecular flexibility index (Phi) is 3.10. The van der Waals surface area contributed by atoms with Crippen LogP contribution in [-0.4, -0.2) is 37.4 Å². The van der Waals surface area contributed by atoms with Crippen LogP contribution in [0.1, 0.15) is 16.8 Å². The molecule has 1 fully saturated rings. The van der Waals surface area contributed by atoms with E-state index in [0.717, 1.165) is 18.7 Å². The molecule has 1 atom stereocenters. The molecule has 0 bridgehead atoms. The predicted molar refractivity (Wildman–Crippen MR) is 61.0 cm³/mol. The molecule has 0 saturated carbocycles. The van der Waals surface area contributed by atoms with Crippen LogP contribution in [0.15, 0.2) is 24.3 Å². The number of carbonyl (C=O) groups is 1. The highest BCUT2D eigenvalue weighted by atomic mass is 16.5. The minimum atomic E-state index is -0.891. The Bertz CT molecular complexity index is 386. The number of aromatic carboxylic acids is 1. The molecule has 0 amide bonds. The van der Waals surface area contributed by atoms with Gasteiger partial charge in [0.15, 0.2) is 0 Å². The van der Waals surface area contributed by atoms with Crippen molar-refractivity contribution in [1.29, 1.82) is 0 Å². The number of hydrogen-bond donors (Lipinski definition) is 1. The summed E-state index contributed by atoms with van der Waals surface area (Å²) in [5.74, 6) is -0.891. The summed E-state index contributed by atoms with van der Waals surface area (Å²) in [6.07, 6.45) is 0.994. The van der Waals surface area contributed by atoms with Crippen molar-refractivity contribution >= 4 is 11.7 Å². The van der Waals surface area contributed by atoms with Crippen LogP contribution in [0.4, 0.5) is 5.69 Å². The molecule has 1 saturated heterocycles. The van der Waals surface area contributed by atoms with E-state index >= 15 is 0 Å². The number of anilines is 1. The summed E-state index contributed by atoms with van der Waals surface area (Å²) in [4.78, 5) is 12.9. The van der Waals surface area contributed by atoms with Gasteiger partial charge in [0.1, 0.15) is 0 Å². The standard InChI is InChI=1S/C12H15NO3/c1-13(11-5-6-16-8-11)10-4-2-3-9(7-10)12(14)15/h2-4,7,11H,5-6,8H2,1H3,(H,14,15). The van der Waals surface area contributed by atoms with Crippen LogP contribution in [0.3, 0.4) is 0 Å². The van der Waals surface area contributed by atoms with E-state index in [1.165, 1.54) is 0 Å². The molecule has 16 heavy (non-hydrogen) atoms. The fraction of sp³-hybridized carbons (Fsp3) is 0.417. The third-order valence-corrected chi connectivity index (χ3v) is 2.95. The van der Waals surface area contributed by atoms with Crippen molar-refractivity contribution in [3.63, 3.8) is 0 Å². The summed E-state index contributed by atoms with van der Waals surface area (Å²) in [5.41, 5.74) is 1.25. The molecule has 86 valence electrons. The van der Waals surface area contributed by atoms with Gasteiger partial charge in [-0.05, 0) is 24.6 Å². The maximum atomic E-state index is 10.9. The van der Waals surface area contributed by atoms with Gasteiger partial charge in [-0.1, -0.05) is 6.07 Å². The highest BCUT2D eigenvalue weighted by Gasteiger charge is 2.20. The van der Waals surface area contributed by atoms with Crippen LogP contribution in [-0.2, 0) is 4.74 Å². The van der Waals surface area contributed by atoms with E-state index in [1.54, 1.807) is 18.2 Å². The molecule has 4 nitrogen and oxygen atoms in total. The van der Waals surface area contributed by atoms with E-state index in [1.807, 2.05) is 13.1 Å². The summed E-state index contributed by atoms with van der Waals surface area (Å²) >= 11 is 0. The SMILES string of the molecule is CN(c1cccc(C(=O)O)c1)C1CCOC1. The van der Waals surface area contributed by atoms with Crippen molar-refractivity contribution in [1.82, 2.24) is 0 Å². The first kappa shape index (κ1) is 11.0. The Morgan fingerprint density at radius 2 is 2.38 bits per heavy atom. The number of carboxylic acid groups (broad SMARTS) is 1. The summed E-state index contributed by atoms with van der Waals surface area (Å²) in [6, 6.07) is 7.34. The van der Waals surface area contributed by atoms with E-state index in [0.29, 0.717) is 18.2 Å². The minimum absolute atomic E-state index is 0.322. The topological polar surface area (TPSA) is 49.8 Å². The van der Waals surface area contributed by atoms with Crippen LogP contribution in [0.25, 0.3) is 0 Å². The zero-order valence-corrected chi connectivity index (χ0v) is 9.22. The maximum absolute atomic E-state index is 10.9. The number of benzene rings is 1. The Hall–Kier alpha value is -1.55. The first-order valence-corrected chi connectivity index (χ1v) is 5.32. The fourth-order valence-electron chi connectivity index (χ4n) is 1.90. The van der Waals surface area contributed by atoms with Gasteiger partial charge in [-0.3, -0.25) is 0 Å². The summed E-state index contributed by atoms with van der Waals surface area (Å²) < 4.78 is 5.32. The number of likely N-dealkylation sites (N-methyl/N-ethyl adjacent to an activating group) is 1. The molecule has 1 unspecified atom stereocenters. The highest BCUT2D eigenvalue weighted by molar-refractivity contribution is 5.88. The molecule has 0 spiro atoms. The Labute approximate surface area is 94.4 Å². The van der Waals surface area contributed by atoms with Gasteiger partial charge < -0.3 is 14.7 Å². The fourth-order valence-corrected chi connectivity index (χ4v) is 1.90. The van der Waals surface area contributed by atoms with Gasteiger partial charge in [-0.15, -0.1) is 0 Å². The third-order valence-electron chi connectivity index (χ3n) is 2.95. The van der Waals surface area contributed by atoms with Crippen LogP contribution in [0.5, 0.6) is 0 Å². The molecule has 0 aromatic heterocycles. The summed E-state index contributed by atoms with van der Waals surface area (Å²) in [7, 11) is 1.97. The van der Waals surface area contributed by atoms with Crippen LogP contribution in [0.2, 0.25) is 0 Å². The molecule has 1 heterocycles. The molecule has 1 aliphatic rings. The van der Waals surface area contributed by atoms with Gasteiger partial charge in [-0.2, -0.15) is 0 Å². The monoisotopic (exact) mass is 221 g/mol. The lowest BCUT2D eigenvalue weighted by Crippen LogP contribution is -2.31. The van der Waals surface area contributed by atoms with Crippen LogP contribution < -0.4 is 4.90 Å². The predicted octanol–water partition coefficient (Wildman–Crippen LogP) is 1.61. The lowest BCUT2D eigenvalue weighted by Gasteiger charge is -2.25. The highest BCUT2D eigenvalue weighted by Crippen LogP contribution is 2.21. The molecule has 1 aromatic rings. The van der Waals surface area contributed by atoms with Crippen molar-refractivity contribution in [2.24, 2.45) is 0 Å². The maximum Gasteiger partial charge on any atom is 0.335 e. The first-order valence-electron chi connectivity index (χ1n) is 5.32. The lowest BCUT2D eigenvalue weighted by molar-refractivity contribution is 0.0697. The van der Waals surface area contributed by atoms with E-state index in [2.05, 4.69) is 4.90 Å². The van der Waals surface area contributed by atoms with Gasteiger partial charge in [0, 0.05) is 19.3 Å². The average Bonchev–Trinajstić information content (AvgIpc) is 2.81. The third kappa shape index (κ3) is 2.17. The number of carboxylic acids is 1. The summed E-state index contributed by atoms with van der Waals surface area (Å²) in [6.45, 7) is 1.50. The van der Waals surface area contributed by atoms with E-state index in [4.69, 9.17) is 9.84 Å². The van der Waals surface area contributed by atoms with Gasteiger partial charge in [-0.25, -0.2) is 4.79 Å². The quantitative estimate of drug-likeness (QED) is 0.842. The van der Waals surface area contributed by atoms with Crippen LogP contribution >= 0.6 is 0 Å². The largest absolute Gasteiger partial charge is 0.478 e. The second kappa shape index (κ2) is 4.53. The zero-order chi connectivity index (χ0) is 11.5. The molecule has 0 radical (unpaired) electrons. The molecule has 4 heteroatoms. The second-order valence-corrected chi connectivity index (χ2v) is 3.98. The van der Waals surface area contributed by atoms with Gasteiger partial charge in [0.05, 0.1) is 18.2 Å². The number of ether oxygens (including phenoxy) is 1. The zero-order valence-electron chi connectivity index (χ0n) is 9.22. The van der Waals surface area contributed by atoms with Crippen molar-refractivity contribution in [3.8, 4) is 0 Å². The lowest BCUT2D eigenvalue weighted by atomic mass is 10.1. The normalized spacial score (nSPS) is 19.7. The van der Waals surface area contributed by atoms with E-state index in [-0.39, 0.29) is 0 Å². The Morgan fingerprint density at radius 1 is 1.56 bits per heavy atom. The molecule has 0 aliphatic carbocycles. The number of nitrogens with zero attached hydrogens (tertiary/aromatic N) is 1. The van der Waals surface area contributed by atoms with Gasteiger partial charge >= 0.3 is 5.97 Å². The van der Waals surface area contributed by atoms with Crippen LogP contribution in [0, 0.1) is 0 Å². The minimum Gasteiger partial charge on any atom is -0.478 e.